The van der Waals surface area contributed by atoms with Crippen LogP contribution in [-0.4, -0.2) is 74.8 Å². The van der Waals surface area contributed by atoms with Crippen molar-refractivity contribution >= 4 is 35.9 Å². The molecule has 2 heterocycles. The molecule has 0 unspecified atom stereocenters. The lowest BCUT2D eigenvalue weighted by Gasteiger charge is -2.33. The van der Waals surface area contributed by atoms with Crippen molar-refractivity contribution in [2.24, 2.45) is 10.9 Å². The number of morpholine rings is 1. The van der Waals surface area contributed by atoms with Crippen molar-refractivity contribution in [2.75, 3.05) is 53.0 Å². The molecule has 1 aromatic rings. The number of piperidine rings is 1. The Morgan fingerprint density at radius 3 is 2.57 bits per heavy atom. The van der Waals surface area contributed by atoms with E-state index < -0.39 is 0 Å². The lowest BCUT2D eigenvalue weighted by molar-refractivity contribution is -0.146. The average Bonchev–Trinajstić information content (AvgIpc) is 2.77. The number of rotatable bonds is 6. The van der Waals surface area contributed by atoms with E-state index in [-0.39, 0.29) is 35.9 Å². The van der Waals surface area contributed by atoms with Crippen LogP contribution < -0.4 is 5.32 Å². The smallest absolute Gasteiger partial charge is 0.308 e. The highest BCUT2D eigenvalue weighted by Gasteiger charge is 2.26. The Kier molecular flexibility index (Phi) is 10.9. The Morgan fingerprint density at radius 1 is 1.20 bits per heavy atom. The summed E-state index contributed by atoms with van der Waals surface area (Å²) in [6.07, 6.45) is 1.62. The number of benzene rings is 1. The van der Waals surface area contributed by atoms with Gasteiger partial charge in [0.05, 0.1) is 32.8 Å². The van der Waals surface area contributed by atoms with Gasteiger partial charge in [-0.05, 0) is 30.9 Å². The number of nitrogens with zero attached hydrogens (tertiary/aromatic N) is 3. The van der Waals surface area contributed by atoms with Gasteiger partial charge in [0.2, 0.25) is 0 Å². The van der Waals surface area contributed by atoms with E-state index >= 15 is 0 Å². The van der Waals surface area contributed by atoms with Crippen molar-refractivity contribution in [3.63, 3.8) is 0 Å². The highest BCUT2D eigenvalue weighted by molar-refractivity contribution is 14.0. The average molecular weight is 530 g/mol. The van der Waals surface area contributed by atoms with Gasteiger partial charge in [0.15, 0.2) is 5.96 Å². The number of nitrogens with one attached hydrogen (secondary N) is 1. The summed E-state index contributed by atoms with van der Waals surface area (Å²) in [6.45, 7) is 9.80. The summed E-state index contributed by atoms with van der Waals surface area (Å²) in [4.78, 5) is 21.3. The minimum Gasteiger partial charge on any atom is -0.469 e. The predicted molar refractivity (Wildman–Crippen MR) is 129 cm³/mol. The van der Waals surface area contributed by atoms with Crippen LogP contribution in [0, 0.1) is 5.92 Å². The molecule has 7 nitrogen and oxygen atoms in total. The molecule has 2 aliphatic rings. The molecule has 2 fully saturated rings. The molecule has 3 rings (SSSR count). The first kappa shape index (κ1) is 24.9. The first-order valence-electron chi connectivity index (χ1n) is 10.7. The summed E-state index contributed by atoms with van der Waals surface area (Å²) in [6, 6.07) is 8.70. The van der Waals surface area contributed by atoms with E-state index in [9.17, 15) is 4.79 Å². The molecule has 0 spiro atoms. The number of methoxy groups -OCH3 is 1. The van der Waals surface area contributed by atoms with Crippen LogP contribution in [0.4, 0.5) is 0 Å². The second kappa shape index (κ2) is 13.1. The number of guanidine groups is 1. The molecule has 1 N–H and O–H groups in total. The van der Waals surface area contributed by atoms with Gasteiger partial charge in [-0.25, -0.2) is 4.99 Å². The van der Waals surface area contributed by atoms with E-state index in [4.69, 9.17) is 14.5 Å². The van der Waals surface area contributed by atoms with Gasteiger partial charge in [-0.15, -0.1) is 24.0 Å². The van der Waals surface area contributed by atoms with E-state index in [0.29, 0.717) is 6.54 Å². The van der Waals surface area contributed by atoms with Crippen molar-refractivity contribution in [1.82, 2.24) is 15.1 Å². The number of aliphatic imine (C=N–C) groups is 1. The standard InChI is InChI=1S/C22H34N4O3.HI/c1-3-23-22(26-9-7-20(8-10-26)21(27)28-2)24-16-18-5-4-6-19(15-18)17-25-11-13-29-14-12-25;/h4-6,15,20H,3,7-14,16-17H2,1-2H3,(H,23,24);1H. The summed E-state index contributed by atoms with van der Waals surface area (Å²) in [5.41, 5.74) is 2.54. The number of hydrogen-bond donors (Lipinski definition) is 1. The van der Waals surface area contributed by atoms with Gasteiger partial charge >= 0.3 is 5.97 Å². The molecule has 0 aliphatic carbocycles. The Hall–Kier alpha value is -1.39. The van der Waals surface area contributed by atoms with Crippen LogP contribution in [0.25, 0.3) is 0 Å². The summed E-state index contributed by atoms with van der Waals surface area (Å²) < 4.78 is 10.3. The lowest BCUT2D eigenvalue weighted by Crippen LogP contribution is -2.46. The largest absolute Gasteiger partial charge is 0.469 e. The van der Waals surface area contributed by atoms with Gasteiger partial charge in [-0.2, -0.15) is 0 Å². The summed E-state index contributed by atoms with van der Waals surface area (Å²) >= 11 is 0. The molecule has 2 aliphatic heterocycles. The minimum absolute atomic E-state index is 0. The fraction of sp³-hybridized carbons (Fsp3) is 0.636. The molecular formula is C22H35IN4O3. The van der Waals surface area contributed by atoms with Crippen LogP contribution in [-0.2, 0) is 27.4 Å². The Morgan fingerprint density at radius 2 is 1.90 bits per heavy atom. The molecular weight excluding hydrogens is 495 g/mol. The minimum atomic E-state index is -0.0938. The lowest BCUT2D eigenvalue weighted by atomic mass is 9.97. The number of hydrogen-bond acceptors (Lipinski definition) is 5. The van der Waals surface area contributed by atoms with E-state index in [0.717, 1.165) is 71.3 Å². The van der Waals surface area contributed by atoms with Crippen LogP contribution >= 0.6 is 24.0 Å². The second-order valence-corrected chi connectivity index (χ2v) is 7.66. The van der Waals surface area contributed by atoms with Crippen molar-refractivity contribution in [2.45, 2.75) is 32.9 Å². The highest BCUT2D eigenvalue weighted by atomic mass is 127. The molecule has 0 atom stereocenters. The van der Waals surface area contributed by atoms with Crippen LogP contribution in [0.15, 0.2) is 29.3 Å². The van der Waals surface area contributed by atoms with Crippen molar-refractivity contribution in [3.8, 4) is 0 Å². The third-order valence-electron chi connectivity index (χ3n) is 5.58. The number of ether oxygens (including phenoxy) is 2. The van der Waals surface area contributed by atoms with E-state index in [2.05, 4.69) is 46.3 Å². The molecule has 0 radical (unpaired) electrons. The zero-order valence-corrected chi connectivity index (χ0v) is 20.5. The molecule has 168 valence electrons. The zero-order valence-electron chi connectivity index (χ0n) is 18.1. The topological polar surface area (TPSA) is 66.4 Å². The number of carbonyl (C=O) groups is 1. The SMILES string of the molecule is CCNC(=NCc1cccc(CN2CCOCC2)c1)N1CCC(C(=O)OC)CC1.I. The summed E-state index contributed by atoms with van der Waals surface area (Å²) in [5.74, 6) is 0.842. The molecule has 0 bridgehead atoms. The molecule has 0 amide bonds. The molecule has 1 aromatic carbocycles. The van der Waals surface area contributed by atoms with E-state index in [1.54, 1.807) is 0 Å². The molecule has 0 aromatic heterocycles. The first-order chi connectivity index (χ1) is 14.2. The third-order valence-corrected chi connectivity index (χ3v) is 5.58. The second-order valence-electron chi connectivity index (χ2n) is 7.66. The predicted octanol–water partition coefficient (Wildman–Crippen LogP) is 2.49. The number of likely N-dealkylation sites (tertiary alicyclic amines) is 1. The Bertz CT molecular complexity index is 687. The van der Waals surface area contributed by atoms with Gasteiger partial charge in [-0.1, -0.05) is 24.3 Å². The van der Waals surface area contributed by atoms with Gasteiger partial charge in [0.1, 0.15) is 0 Å². The van der Waals surface area contributed by atoms with Crippen molar-refractivity contribution < 1.29 is 14.3 Å². The quantitative estimate of drug-likeness (QED) is 0.264. The van der Waals surface area contributed by atoms with Crippen LogP contribution in [0.2, 0.25) is 0 Å². The van der Waals surface area contributed by atoms with Crippen molar-refractivity contribution in [3.05, 3.63) is 35.4 Å². The maximum absolute atomic E-state index is 11.8. The van der Waals surface area contributed by atoms with Gasteiger partial charge < -0.3 is 19.7 Å². The van der Waals surface area contributed by atoms with Gasteiger partial charge in [-0.3, -0.25) is 9.69 Å². The molecule has 2 saturated heterocycles. The monoisotopic (exact) mass is 530 g/mol. The fourth-order valence-electron chi connectivity index (χ4n) is 3.93. The first-order valence-corrected chi connectivity index (χ1v) is 10.7. The van der Waals surface area contributed by atoms with Gasteiger partial charge in [0, 0.05) is 39.3 Å². The van der Waals surface area contributed by atoms with E-state index in [1.165, 1.54) is 18.2 Å². The van der Waals surface area contributed by atoms with Crippen LogP contribution in [0.1, 0.15) is 30.9 Å². The molecule has 30 heavy (non-hydrogen) atoms. The van der Waals surface area contributed by atoms with Crippen molar-refractivity contribution in [1.29, 1.82) is 0 Å². The summed E-state index contributed by atoms with van der Waals surface area (Å²) in [7, 11) is 1.47. The number of halogens is 1. The van der Waals surface area contributed by atoms with Gasteiger partial charge in [0.25, 0.3) is 0 Å². The maximum Gasteiger partial charge on any atom is 0.308 e. The summed E-state index contributed by atoms with van der Waals surface area (Å²) in [5, 5.41) is 3.40. The highest BCUT2D eigenvalue weighted by Crippen LogP contribution is 2.19. The normalized spacial score (nSPS) is 18.6. The Balaban J connectivity index is 0.00000320. The van der Waals surface area contributed by atoms with Crippen LogP contribution in [0.3, 0.4) is 0 Å². The van der Waals surface area contributed by atoms with Crippen LogP contribution in [0.5, 0.6) is 0 Å². The molecule has 8 heteroatoms. The number of esters is 1. The Labute approximate surface area is 197 Å². The zero-order chi connectivity index (χ0) is 20.5. The fourth-order valence-corrected chi connectivity index (χ4v) is 3.93. The van der Waals surface area contributed by atoms with E-state index in [1.807, 2.05) is 0 Å². The maximum atomic E-state index is 11.8. The number of carbonyl (C=O) groups excluding carboxylic acids is 1. The third kappa shape index (κ3) is 7.39. The molecule has 0 saturated carbocycles.